The summed E-state index contributed by atoms with van der Waals surface area (Å²) in [5.74, 6) is 0.823. The van der Waals surface area contributed by atoms with Gasteiger partial charge in [-0.3, -0.25) is 0 Å². The lowest BCUT2D eigenvalue weighted by Gasteiger charge is -2.47. The molecular formula is C14H26N2O3. The highest BCUT2D eigenvalue weighted by molar-refractivity contribution is 5.68. The Balaban J connectivity index is 2.07. The van der Waals surface area contributed by atoms with E-state index in [9.17, 15) is 4.79 Å². The molecule has 0 aliphatic carbocycles. The Hall–Kier alpha value is -0.810. The van der Waals surface area contributed by atoms with Crippen LogP contribution in [0.2, 0.25) is 0 Å². The lowest BCUT2D eigenvalue weighted by molar-refractivity contribution is -0.0660. The third-order valence-corrected chi connectivity index (χ3v) is 4.04. The van der Waals surface area contributed by atoms with Gasteiger partial charge in [0.2, 0.25) is 0 Å². The molecule has 2 fully saturated rings. The van der Waals surface area contributed by atoms with E-state index in [1.165, 1.54) is 0 Å². The topological polar surface area (TPSA) is 64.8 Å². The van der Waals surface area contributed by atoms with Crippen LogP contribution in [0.25, 0.3) is 0 Å². The van der Waals surface area contributed by atoms with Crippen molar-refractivity contribution in [2.75, 3.05) is 26.3 Å². The van der Waals surface area contributed by atoms with E-state index in [2.05, 4.69) is 0 Å². The number of amides is 1. The molecule has 2 N–H and O–H groups in total. The summed E-state index contributed by atoms with van der Waals surface area (Å²) >= 11 is 0. The van der Waals surface area contributed by atoms with Crippen molar-refractivity contribution >= 4 is 6.09 Å². The van der Waals surface area contributed by atoms with Crippen LogP contribution in [0.3, 0.4) is 0 Å². The molecule has 110 valence electrons. The average Bonchev–Trinajstić information content (AvgIpc) is 2.35. The van der Waals surface area contributed by atoms with E-state index >= 15 is 0 Å². The first-order valence-corrected chi connectivity index (χ1v) is 7.20. The van der Waals surface area contributed by atoms with Gasteiger partial charge < -0.3 is 20.1 Å². The Morgan fingerprint density at radius 3 is 2.79 bits per heavy atom. The van der Waals surface area contributed by atoms with Gasteiger partial charge in [-0.1, -0.05) is 0 Å². The molecule has 3 unspecified atom stereocenters. The smallest absolute Gasteiger partial charge is 0.410 e. The molecule has 2 heterocycles. The number of ether oxygens (including phenoxy) is 2. The van der Waals surface area contributed by atoms with E-state index in [4.69, 9.17) is 15.2 Å². The average molecular weight is 270 g/mol. The molecular weight excluding hydrogens is 244 g/mol. The molecule has 5 heteroatoms. The van der Waals surface area contributed by atoms with Crippen LogP contribution in [0.4, 0.5) is 4.79 Å². The van der Waals surface area contributed by atoms with Gasteiger partial charge in [-0.2, -0.15) is 0 Å². The Bertz CT molecular complexity index is 327. The maximum absolute atomic E-state index is 12.3. The summed E-state index contributed by atoms with van der Waals surface area (Å²) in [5, 5.41) is 0. The summed E-state index contributed by atoms with van der Waals surface area (Å²) in [6, 6.07) is 0.228. The third-order valence-electron chi connectivity index (χ3n) is 4.04. The molecule has 0 aromatic rings. The number of piperidine rings is 1. The monoisotopic (exact) mass is 270 g/mol. The van der Waals surface area contributed by atoms with Gasteiger partial charge in [0.25, 0.3) is 0 Å². The zero-order valence-corrected chi connectivity index (χ0v) is 12.2. The second-order valence-electron chi connectivity index (χ2n) is 6.55. The van der Waals surface area contributed by atoms with E-state index in [-0.39, 0.29) is 12.1 Å². The SMILES string of the molecule is CC(C)(C)OC(=O)N1CCC(CN)C2COCCC21. The molecule has 0 aromatic carbocycles. The van der Waals surface area contributed by atoms with Crippen LogP contribution in [-0.4, -0.2) is 48.9 Å². The summed E-state index contributed by atoms with van der Waals surface area (Å²) in [6.45, 7) is 8.56. The predicted octanol–water partition coefficient (Wildman–Crippen LogP) is 1.61. The summed E-state index contributed by atoms with van der Waals surface area (Å²) in [6.07, 6.45) is 1.64. The number of rotatable bonds is 1. The van der Waals surface area contributed by atoms with Crippen LogP contribution in [0, 0.1) is 11.8 Å². The van der Waals surface area contributed by atoms with E-state index in [0.29, 0.717) is 25.0 Å². The van der Waals surface area contributed by atoms with Crippen molar-refractivity contribution in [1.29, 1.82) is 0 Å². The lowest BCUT2D eigenvalue weighted by atomic mass is 9.78. The maximum Gasteiger partial charge on any atom is 0.410 e. The summed E-state index contributed by atoms with van der Waals surface area (Å²) < 4.78 is 11.1. The molecule has 0 radical (unpaired) electrons. The van der Waals surface area contributed by atoms with Crippen LogP contribution in [0.15, 0.2) is 0 Å². The molecule has 0 spiro atoms. The number of fused-ring (bicyclic) bond motifs is 1. The van der Waals surface area contributed by atoms with Crippen molar-refractivity contribution < 1.29 is 14.3 Å². The number of hydrogen-bond acceptors (Lipinski definition) is 4. The number of carbonyl (C=O) groups is 1. The molecule has 2 aliphatic heterocycles. The fraction of sp³-hybridized carbons (Fsp3) is 0.929. The number of nitrogens with two attached hydrogens (primary N) is 1. The summed E-state index contributed by atoms with van der Waals surface area (Å²) in [7, 11) is 0. The van der Waals surface area contributed by atoms with Crippen molar-refractivity contribution in [3.63, 3.8) is 0 Å². The van der Waals surface area contributed by atoms with Gasteiger partial charge >= 0.3 is 6.09 Å². The standard InChI is InChI=1S/C14H26N2O3/c1-14(2,3)19-13(17)16-6-4-10(8-15)11-9-18-7-5-12(11)16/h10-12H,4-9,15H2,1-3H3. The lowest BCUT2D eigenvalue weighted by Crippen LogP contribution is -2.57. The highest BCUT2D eigenvalue weighted by Gasteiger charge is 2.42. The number of likely N-dealkylation sites (tertiary alicyclic amines) is 1. The first kappa shape index (κ1) is 14.6. The molecule has 0 aromatic heterocycles. The molecule has 2 aliphatic rings. The first-order chi connectivity index (χ1) is 8.92. The summed E-state index contributed by atoms with van der Waals surface area (Å²) in [4.78, 5) is 14.2. The van der Waals surface area contributed by atoms with Crippen LogP contribution in [0.5, 0.6) is 0 Å². The van der Waals surface area contributed by atoms with Gasteiger partial charge in [0, 0.05) is 25.1 Å². The Kier molecular flexibility index (Phi) is 4.36. The van der Waals surface area contributed by atoms with E-state index in [0.717, 1.165) is 26.0 Å². The van der Waals surface area contributed by atoms with Crippen LogP contribution in [0.1, 0.15) is 33.6 Å². The Morgan fingerprint density at radius 2 is 2.16 bits per heavy atom. The van der Waals surface area contributed by atoms with Crippen LogP contribution >= 0.6 is 0 Å². The molecule has 1 amide bonds. The highest BCUT2D eigenvalue weighted by atomic mass is 16.6. The first-order valence-electron chi connectivity index (χ1n) is 7.20. The number of carbonyl (C=O) groups excluding carboxylic acids is 1. The quantitative estimate of drug-likeness (QED) is 0.786. The van der Waals surface area contributed by atoms with E-state index in [1.807, 2.05) is 25.7 Å². The summed E-state index contributed by atoms with van der Waals surface area (Å²) in [5.41, 5.74) is 5.40. The van der Waals surface area contributed by atoms with Gasteiger partial charge in [0.05, 0.1) is 6.61 Å². The van der Waals surface area contributed by atoms with Gasteiger partial charge in [-0.05, 0) is 46.1 Å². The van der Waals surface area contributed by atoms with Gasteiger partial charge in [-0.25, -0.2) is 4.79 Å². The van der Waals surface area contributed by atoms with Crippen molar-refractivity contribution in [3.8, 4) is 0 Å². The van der Waals surface area contributed by atoms with E-state index in [1.54, 1.807) is 0 Å². The minimum absolute atomic E-state index is 0.195. The van der Waals surface area contributed by atoms with Crippen molar-refractivity contribution in [3.05, 3.63) is 0 Å². The molecule has 5 nitrogen and oxygen atoms in total. The molecule has 19 heavy (non-hydrogen) atoms. The molecule has 2 rings (SSSR count). The van der Waals surface area contributed by atoms with Crippen LogP contribution < -0.4 is 5.73 Å². The second kappa shape index (κ2) is 5.67. The fourth-order valence-electron chi connectivity index (χ4n) is 3.11. The van der Waals surface area contributed by atoms with E-state index < -0.39 is 5.60 Å². The van der Waals surface area contributed by atoms with Crippen molar-refractivity contribution in [2.24, 2.45) is 17.6 Å². The molecule has 3 atom stereocenters. The van der Waals surface area contributed by atoms with Gasteiger partial charge in [0.1, 0.15) is 5.60 Å². The Morgan fingerprint density at radius 1 is 1.42 bits per heavy atom. The number of hydrogen-bond donors (Lipinski definition) is 1. The minimum Gasteiger partial charge on any atom is -0.444 e. The third kappa shape index (κ3) is 3.39. The van der Waals surface area contributed by atoms with Gasteiger partial charge in [0.15, 0.2) is 0 Å². The molecule has 0 saturated carbocycles. The normalized spacial score (nSPS) is 31.8. The largest absolute Gasteiger partial charge is 0.444 e. The predicted molar refractivity (Wildman–Crippen MR) is 72.8 cm³/mol. The molecule has 2 saturated heterocycles. The van der Waals surface area contributed by atoms with Crippen LogP contribution in [-0.2, 0) is 9.47 Å². The number of nitrogens with zero attached hydrogens (tertiary/aromatic N) is 1. The second-order valence-corrected chi connectivity index (χ2v) is 6.55. The minimum atomic E-state index is -0.442. The van der Waals surface area contributed by atoms with Gasteiger partial charge in [-0.15, -0.1) is 0 Å². The Labute approximate surface area is 115 Å². The zero-order chi connectivity index (χ0) is 14.0. The fourth-order valence-corrected chi connectivity index (χ4v) is 3.11. The van der Waals surface area contributed by atoms with Crippen molar-refractivity contribution in [1.82, 2.24) is 4.90 Å². The van der Waals surface area contributed by atoms with Crippen molar-refractivity contribution in [2.45, 2.75) is 45.3 Å². The highest BCUT2D eigenvalue weighted by Crippen LogP contribution is 2.34. The maximum atomic E-state index is 12.3. The zero-order valence-electron chi connectivity index (χ0n) is 12.2. The molecule has 0 bridgehead atoms.